The van der Waals surface area contributed by atoms with E-state index >= 15 is 0 Å². The summed E-state index contributed by atoms with van der Waals surface area (Å²) < 4.78 is 11.4. The van der Waals surface area contributed by atoms with Gasteiger partial charge in [-0.15, -0.1) is 11.3 Å². The van der Waals surface area contributed by atoms with Crippen molar-refractivity contribution >= 4 is 45.0 Å². The van der Waals surface area contributed by atoms with Gasteiger partial charge in [-0.3, -0.25) is 0 Å². The molecule has 2 N–H and O–H groups in total. The number of rotatable bonds is 4. The van der Waals surface area contributed by atoms with Gasteiger partial charge in [-0.1, -0.05) is 18.2 Å². The lowest BCUT2D eigenvalue weighted by Crippen LogP contribution is -2.31. The number of furan rings is 1. The molecule has 0 bridgehead atoms. The van der Waals surface area contributed by atoms with Crippen molar-refractivity contribution in [2.75, 3.05) is 12.4 Å². The minimum atomic E-state index is -0.313. The molecule has 0 aliphatic heterocycles. The van der Waals surface area contributed by atoms with Crippen molar-refractivity contribution in [3.05, 3.63) is 52.0 Å². The summed E-state index contributed by atoms with van der Waals surface area (Å²) in [5.74, 6) is 0.576. The predicted octanol–water partition coefficient (Wildman–Crippen LogP) is 5.55. The average Bonchev–Trinajstić information content (AvgIpc) is 3.19. The highest BCUT2D eigenvalue weighted by molar-refractivity contribution is 7.11. The van der Waals surface area contributed by atoms with Gasteiger partial charge in [0, 0.05) is 21.7 Å². The molecule has 28 heavy (non-hydrogen) atoms. The number of nitrogens with zero attached hydrogens (tertiary/aromatic N) is 1. The minimum absolute atomic E-state index is 0.146. The van der Waals surface area contributed by atoms with Crippen molar-refractivity contribution in [1.82, 2.24) is 10.3 Å². The number of carbonyl (C=O) groups is 1. The molecule has 0 saturated carbocycles. The highest BCUT2D eigenvalue weighted by Gasteiger charge is 2.18. The third-order valence-electron chi connectivity index (χ3n) is 4.63. The second-order valence-electron chi connectivity index (χ2n) is 6.65. The SMILES string of the molecule is COc1cc2c(cc1NC(=O)NC(C)c1sc(C)nc1C)oc1ccccc12. The Kier molecular flexibility index (Phi) is 4.68. The summed E-state index contributed by atoms with van der Waals surface area (Å²) in [7, 11) is 1.58. The predicted molar refractivity (Wildman–Crippen MR) is 112 cm³/mol. The quantitative estimate of drug-likeness (QED) is 0.475. The number of amides is 2. The zero-order valence-corrected chi connectivity index (χ0v) is 16.9. The molecule has 4 aromatic rings. The number of methoxy groups -OCH3 is 1. The number of urea groups is 1. The summed E-state index contributed by atoms with van der Waals surface area (Å²) in [5, 5.41) is 8.78. The van der Waals surface area contributed by atoms with Crippen molar-refractivity contribution < 1.29 is 13.9 Å². The monoisotopic (exact) mass is 395 g/mol. The molecule has 144 valence electrons. The van der Waals surface area contributed by atoms with Gasteiger partial charge in [0.2, 0.25) is 0 Å². The van der Waals surface area contributed by atoms with E-state index in [0.29, 0.717) is 17.0 Å². The Hall–Kier alpha value is -3.06. The van der Waals surface area contributed by atoms with E-state index in [0.717, 1.165) is 31.9 Å². The van der Waals surface area contributed by atoms with Crippen LogP contribution in [0.25, 0.3) is 21.9 Å². The molecule has 0 fully saturated rings. The lowest BCUT2D eigenvalue weighted by molar-refractivity contribution is 0.249. The van der Waals surface area contributed by atoms with Crippen molar-refractivity contribution in [3.63, 3.8) is 0 Å². The first-order valence-electron chi connectivity index (χ1n) is 8.97. The number of para-hydroxylation sites is 1. The Balaban J connectivity index is 1.60. The van der Waals surface area contributed by atoms with Crippen LogP contribution in [0.2, 0.25) is 0 Å². The lowest BCUT2D eigenvalue weighted by Gasteiger charge is -2.15. The van der Waals surface area contributed by atoms with E-state index < -0.39 is 0 Å². The zero-order chi connectivity index (χ0) is 19.8. The van der Waals surface area contributed by atoms with Gasteiger partial charge in [-0.25, -0.2) is 9.78 Å². The number of anilines is 1. The summed E-state index contributed by atoms with van der Waals surface area (Å²) in [4.78, 5) is 18.0. The van der Waals surface area contributed by atoms with Crippen LogP contribution in [-0.2, 0) is 0 Å². The third-order valence-corrected chi connectivity index (χ3v) is 5.88. The molecule has 0 radical (unpaired) electrons. The molecule has 2 aromatic heterocycles. The van der Waals surface area contributed by atoms with Crippen LogP contribution in [0.4, 0.5) is 10.5 Å². The van der Waals surface area contributed by atoms with Crippen molar-refractivity contribution in [2.45, 2.75) is 26.8 Å². The summed E-state index contributed by atoms with van der Waals surface area (Å²) in [6.45, 7) is 5.86. The van der Waals surface area contributed by atoms with Crippen LogP contribution in [-0.4, -0.2) is 18.1 Å². The van der Waals surface area contributed by atoms with Gasteiger partial charge in [0.1, 0.15) is 16.9 Å². The highest BCUT2D eigenvalue weighted by atomic mass is 32.1. The van der Waals surface area contributed by atoms with E-state index in [4.69, 9.17) is 9.15 Å². The molecule has 2 aromatic carbocycles. The number of carbonyl (C=O) groups excluding carboxylic acids is 1. The Labute approximate surface area is 166 Å². The number of hydrogen-bond acceptors (Lipinski definition) is 5. The van der Waals surface area contributed by atoms with Crippen LogP contribution in [0.1, 0.15) is 28.5 Å². The zero-order valence-electron chi connectivity index (χ0n) is 16.1. The first-order valence-corrected chi connectivity index (χ1v) is 9.78. The molecule has 7 heteroatoms. The molecule has 1 unspecified atom stereocenters. The van der Waals surface area contributed by atoms with Gasteiger partial charge in [-0.2, -0.15) is 0 Å². The second-order valence-corrected chi connectivity index (χ2v) is 7.88. The average molecular weight is 395 g/mol. The smallest absolute Gasteiger partial charge is 0.319 e. The maximum atomic E-state index is 12.6. The highest BCUT2D eigenvalue weighted by Crippen LogP contribution is 2.36. The standard InChI is InChI=1S/C21H21N3O3S/c1-11-20(28-13(3)22-11)12(2)23-21(25)24-16-10-18-15(9-19(16)26-4)14-7-5-6-8-17(14)27-18/h5-10,12H,1-4H3,(H2,23,24,25). The summed E-state index contributed by atoms with van der Waals surface area (Å²) >= 11 is 1.59. The van der Waals surface area contributed by atoms with Crippen molar-refractivity contribution in [3.8, 4) is 5.75 Å². The summed E-state index contributed by atoms with van der Waals surface area (Å²) in [6, 6.07) is 11.0. The number of hydrogen-bond donors (Lipinski definition) is 2. The van der Waals surface area contributed by atoms with Crippen molar-refractivity contribution in [1.29, 1.82) is 0 Å². The van der Waals surface area contributed by atoms with Crippen LogP contribution in [0.15, 0.2) is 40.8 Å². The summed E-state index contributed by atoms with van der Waals surface area (Å²) in [6.07, 6.45) is 0. The topological polar surface area (TPSA) is 76.4 Å². The molecule has 4 rings (SSSR count). The molecule has 2 amide bonds. The largest absolute Gasteiger partial charge is 0.495 e. The van der Waals surface area contributed by atoms with Gasteiger partial charge in [-0.05, 0) is 32.9 Å². The fraction of sp³-hybridized carbons (Fsp3) is 0.238. The number of fused-ring (bicyclic) bond motifs is 3. The maximum Gasteiger partial charge on any atom is 0.319 e. The van der Waals surface area contributed by atoms with E-state index in [9.17, 15) is 4.79 Å². The summed E-state index contributed by atoms with van der Waals surface area (Å²) in [5.41, 5.74) is 2.98. The van der Waals surface area contributed by atoms with Crippen LogP contribution in [0.5, 0.6) is 5.75 Å². The van der Waals surface area contributed by atoms with Crippen LogP contribution >= 0.6 is 11.3 Å². The van der Waals surface area contributed by atoms with Gasteiger partial charge in [0.05, 0.1) is 29.5 Å². The normalized spacial score (nSPS) is 12.3. The number of aryl methyl sites for hydroxylation is 2. The van der Waals surface area contributed by atoms with Gasteiger partial charge in [0.25, 0.3) is 0 Å². The first kappa shape index (κ1) is 18.3. The molecule has 2 heterocycles. The van der Waals surface area contributed by atoms with Crippen LogP contribution < -0.4 is 15.4 Å². The lowest BCUT2D eigenvalue weighted by atomic mass is 10.1. The first-order chi connectivity index (χ1) is 13.5. The van der Waals surface area contributed by atoms with Gasteiger partial charge in [0.15, 0.2) is 0 Å². The minimum Gasteiger partial charge on any atom is -0.495 e. The van der Waals surface area contributed by atoms with Crippen LogP contribution in [0, 0.1) is 13.8 Å². The molecular weight excluding hydrogens is 374 g/mol. The third kappa shape index (κ3) is 3.29. The van der Waals surface area contributed by atoms with E-state index in [-0.39, 0.29) is 12.1 Å². The number of benzene rings is 2. The Bertz CT molecular complexity index is 1180. The molecule has 0 spiro atoms. The fourth-order valence-electron chi connectivity index (χ4n) is 3.39. The number of nitrogens with one attached hydrogen (secondary N) is 2. The Morgan fingerprint density at radius 3 is 2.68 bits per heavy atom. The molecule has 1 atom stereocenters. The molecule has 6 nitrogen and oxygen atoms in total. The molecule has 0 saturated heterocycles. The van der Waals surface area contributed by atoms with E-state index in [2.05, 4.69) is 15.6 Å². The maximum absolute atomic E-state index is 12.6. The second kappa shape index (κ2) is 7.16. The van der Waals surface area contributed by atoms with Crippen LogP contribution in [0.3, 0.4) is 0 Å². The van der Waals surface area contributed by atoms with E-state index in [1.54, 1.807) is 24.5 Å². The van der Waals surface area contributed by atoms with Gasteiger partial charge >= 0.3 is 6.03 Å². The van der Waals surface area contributed by atoms with Crippen molar-refractivity contribution in [2.24, 2.45) is 0 Å². The Morgan fingerprint density at radius 1 is 1.18 bits per heavy atom. The number of aromatic nitrogens is 1. The van der Waals surface area contributed by atoms with E-state index in [1.807, 2.05) is 51.1 Å². The van der Waals surface area contributed by atoms with E-state index in [1.165, 1.54) is 0 Å². The molecule has 0 aliphatic carbocycles. The van der Waals surface area contributed by atoms with Gasteiger partial charge < -0.3 is 19.8 Å². The number of thiazole rings is 1. The number of ether oxygens (including phenoxy) is 1. The Morgan fingerprint density at radius 2 is 1.96 bits per heavy atom. The molecule has 0 aliphatic rings. The molecular formula is C21H21N3O3S. The fourth-order valence-corrected chi connectivity index (χ4v) is 4.32.